The zero-order valence-electron chi connectivity index (χ0n) is 15.1. The SMILES string of the molecule is C=CCOCCCC.C=CCOCCO.Cc1cccc(C)c1. The van der Waals surface area contributed by atoms with Crippen LogP contribution in [0.15, 0.2) is 49.6 Å². The number of benzene rings is 1. The molecule has 0 aliphatic rings. The summed E-state index contributed by atoms with van der Waals surface area (Å²) in [5.74, 6) is 0. The summed E-state index contributed by atoms with van der Waals surface area (Å²) >= 11 is 0. The second-order valence-corrected chi connectivity index (χ2v) is 4.96. The Hall–Kier alpha value is -1.42. The smallest absolute Gasteiger partial charge is 0.0701 e. The summed E-state index contributed by atoms with van der Waals surface area (Å²) in [6.45, 7) is 15.9. The fourth-order valence-corrected chi connectivity index (χ4v) is 1.45. The Kier molecular flexibility index (Phi) is 21.3. The molecule has 1 aromatic carbocycles. The van der Waals surface area contributed by atoms with Crippen LogP contribution >= 0.6 is 0 Å². The van der Waals surface area contributed by atoms with Gasteiger partial charge in [-0.05, 0) is 20.3 Å². The average molecular weight is 322 g/mol. The van der Waals surface area contributed by atoms with E-state index < -0.39 is 0 Å². The molecule has 1 aromatic rings. The first kappa shape index (κ1) is 23.8. The van der Waals surface area contributed by atoms with E-state index in [0.29, 0.717) is 19.8 Å². The van der Waals surface area contributed by atoms with Crippen LogP contribution in [0.1, 0.15) is 30.9 Å². The minimum atomic E-state index is 0.0911. The van der Waals surface area contributed by atoms with Gasteiger partial charge in [0.05, 0.1) is 26.4 Å². The van der Waals surface area contributed by atoms with E-state index in [2.05, 4.69) is 58.2 Å². The standard InChI is InChI=1S/C8H10.C7H14O.C5H10O2/c1-7-4-3-5-8(2)6-7;1-3-5-7-8-6-4-2;1-2-4-7-5-3-6/h3-6H,1-2H3;4H,2-3,5-7H2,1H3;2,6H,1,3-5H2. The minimum Gasteiger partial charge on any atom is -0.394 e. The third kappa shape index (κ3) is 23.0. The highest BCUT2D eigenvalue weighted by Crippen LogP contribution is 2.00. The van der Waals surface area contributed by atoms with Crippen molar-refractivity contribution in [3.8, 4) is 0 Å². The van der Waals surface area contributed by atoms with Crippen LogP contribution in [0.3, 0.4) is 0 Å². The molecule has 0 spiro atoms. The molecular formula is C20H34O3. The van der Waals surface area contributed by atoms with Crippen LogP contribution in [0.5, 0.6) is 0 Å². The van der Waals surface area contributed by atoms with Gasteiger partial charge in [-0.1, -0.05) is 60.9 Å². The Morgan fingerprint density at radius 3 is 1.87 bits per heavy atom. The first-order valence-electron chi connectivity index (χ1n) is 8.13. The third-order valence-corrected chi connectivity index (χ3v) is 2.52. The molecule has 0 heterocycles. The largest absolute Gasteiger partial charge is 0.394 e. The molecule has 23 heavy (non-hydrogen) atoms. The molecule has 3 heteroatoms. The normalized spacial score (nSPS) is 9.04. The van der Waals surface area contributed by atoms with Gasteiger partial charge in [0, 0.05) is 6.61 Å². The van der Waals surface area contributed by atoms with Gasteiger partial charge in [0.1, 0.15) is 0 Å². The van der Waals surface area contributed by atoms with E-state index in [1.165, 1.54) is 17.5 Å². The zero-order chi connectivity index (χ0) is 17.8. The van der Waals surface area contributed by atoms with E-state index in [1.54, 1.807) is 12.2 Å². The van der Waals surface area contributed by atoms with Crippen LogP contribution in [0.4, 0.5) is 0 Å². The molecule has 0 bridgehead atoms. The molecule has 0 atom stereocenters. The molecule has 0 unspecified atom stereocenters. The summed E-state index contributed by atoms with van der Waals surface area (Å²) in [4.78, 5) is 0. The van der Waals surface area contributed by atoms with Crippen LogP contribution in [-0.4, -0.2) is 38.1 Å². The van der Waals surface area contributed by atoms with Gasteiger partial charge in [-0.25, -0.2) is 0 Å². The van der Waals surface area contributed by atoms with Crippen LogP contribution in [-0.2, 0) is 9.47 Å². The fraction of sp³-hybridized carbons (Fsp3) is 0.500. The molecule has 1 rings (SSSR count). The maximum Gasteiger partial charge on any atom is 0.0701 e. The Bertz CT molecular complexity index is 358. The van der Waals surface area contributed by atoms with E-state index in [-0.39, 0.29) is 6.61 Å². The van der Waals surface area contributed by atoms with Crippen molar-refractivity contribution in [2.45, 2.75) is 33.6 Å². The number of hydrogen-bond donors (Lipinski definition) is 1. The van der Waals surface area contributed by atoms with Crippen molar-refractivity contribution in [2.75, 3.05) is 33.0 Å². The average Bonchev–Trinajstić information content (AvgIpc) is 2.53. The van der Waals surface area contributed by atoms with Crippen molar-refractivity contribution in [1.29, 1.82) is 0 Å². The van der Waals surface area contributed by atoms with Gasteiger partial charge in [0.15, 0.2) is 0 Å². The molecule has 0 aliphatic heterocycles. The lowest BCUT2D eigenvalue weighted by atomic mass is 10.2. The number of ether oxygens (including phenoxy) is 2. The predicted octanol–water partition coefficient (Wildman–Crippen LogP) is 4.47. The van der Waals surface area contributed by atoms with Crippen LogP contribution in [0.25, 0.3) is 0 Å². The second-order valence-electron chi connectivity index (χ2n) is 4.96. The lowest BCUT2D eigenvalue weighted by molar-refractivity contribution is 0.112. The Balaban J connectivity index is 0. The van der Waals surface area contributed by atoms with E-state index >= 15 is 0 Å². The summed E-state index contributed by atoms with van der Waals surface area (Å²) in [5, 5.41) is 8.13. The highest BCUT2D eigenvalue weighted by Gasteiger charge is 1.81. The molecule has 0 amide bonds. The van der Waals surface area contributed by atoms with E-state index in [0.717, 1.165) is 13.0 Å². The molecule has 0 saturated carbocycles. The molecule has 0 radical (unpaired) electrons. The van der Waals surface area contributed by atoms with Gasteiger partial charge in [0.2, 0.25) is 0 Å². The first-order valence-corrected chi connectivity index (χ1v) is 8.13. The van der Waals surface area contributed by atoms with Gasteiger partial charge < -0.3 is 14.6 Å². The molecule has 0 aliphatic carbocycles. The summed E-state index contributed by atoms with van der Waals surface area (Å²) in [6, 6.07) is 8.45. The highest BCUT2D eigenvalue weighted by molar-refractivity contribution is 5.20. The maximum absolute atomic E-state index is 8.13. The molecular weight excluding hydrogens is 288 g/mol. The van der Waals surface area contributed by atoms with Crippen LogP contribution in [0, 0.1) is 13.8 Å². The Labute approximate surface area is 142 Å². The number of rotatable bonds is 9. The second kappa shape index (κ2) is 20.6. The lowest BCUT2D eigenvalue weighted by Gasteiger charge is -1.95. The topological polar surface area (TPSA) is 38.7 Å². The van der Waals surface area contributed by atoms with Crippen molar-refractivity contribution in [3.05, 3.63) is 60.7 Å². The van der Waals surface area contributed by atoms with E-state index in [9.17, 15) is 0 Å². The van der Waals surface area contributed by atoms with Gasteiger partial charge in [-0.2, -0.15) is 0 Å². The fourth-order valence-electron chi connectivity index (χ4n) is 1.45. The Morgan fingerprint density at radius 1 is 1.00 bits per heavy atom. The van der Waals surface area contributed by atoms with Crippen molar-refractivity contribution in [3.63, 3.8) is 0 Å². The number of aliphatic hydroxyl groups excluding tert-OH is 1. The lowest BCUT2D eigenvalue weighted by Crippen LogP contribution is -1.97. The molecule has 0 saturated heterocycles. The molecule has 132 valence electrons. The van der Waals surface area contributed by atoms with Crippen molar-refractivity contribution in [2.24, 2.45) is 0 Å². The Morgan fingerprint density at radius 2 is 1.52 bits per heavy atom. The number of aryl methyl sites for hydroxylation is 2. The zero-order valence-corrected chi connectivity index (χ0v) is 15.1. The highest BCUT2D eigenvalue weighted by atomic mass is 16.5. The van der Waals surface area contributed by atoms with Crippen molar-refractivity contribution < 1.29 is 14.6 Å². The summed E-state index contributed by atoms with van der Waals surface area (Å²) in [7, 11) is 0. The van der Waals surface area contributed by atoms with Gasteiger partial charge in [-0.15, -0.1) is 13.2 Å². The summed E-state index contributed by atoms with van der Waals surface area (Å²) in [5.41, 5.74) is 2.68. The van der Waals surface area contributed by atoms with E-state index in [1.807, 2.05) is 0 Å². The summed E-state index contributed by atoms with van der Waals surface area (Å²) in [6.07, 6.45) is 5.79. The minimum absolute atomic E-state index is 0.0911. The number of unbranched alkanes of at least 4 members (excludes halogenated alkanes) is 1. The summed E-state index contributed by atoms with van der Waals surface area (Å²) < 4.78 is 9.87. The van der Waals surface area contributed by atoms with Gasteiger partial charge in [0.25, 0.3) is 0 Å². The molecule has 1 N–H and O–H groups in total. The van der Waals surface area contributed by atoms with Gasteiger partial charge >= 0.3 is 0 Å². The molecule has 0 fully saturated rings. The van der Waals surface area contributed by atoms with Crippen LogP contribution in [0.2, 0.25) is 0 Å². The first-order chi connectivity index (χ1) is 11.1. The quantitative estimate of drug-likeness (QED) is 0.538. The number of hydrogen-bond acceptors (Lipinski definition) is 3. The molecule has 0 aromatic heterocycles. The molecule has 3 nitrogen and oxygen atoms in total. The predicted molar refractivity (Wildman–Crippen MR) is 99.9 cm³/mol. The van der Waals surface area contributed by atoms with Crippen molar-refractivity contribution >= 4 is 0 Å². The maximum atomic E-state index is 8.13. The number of aliphatic hydroxyl groups is 1. The van der Waals surface area contributed by atoms with E-state index in [4.69, 9.17) is 14.6 Å². The van der Waals surface area contributed by atoms with Crippen molar-refractivity contribution in [1.82, 2.24) is 0 Å². The monoisotopic (exact) mass is 322 g/mol. The third-order valence-electron chi connectivity index (χ3n) is 2.52. The van der Waals surface area contributed by atoms with Crippen LogP contribution < -0.4 is 0 Å². The van der Waals surface area contributed by atoms with Gasteiger partial charge in [-0.3, -0.25) is 0 Å².